The number of urea groups is 2. The lowest BCUT2D eigenvalue weighted by Crippen LogP contribution is -2.25. The van der Waals surface area contributed by atoms with Crippen LogP contribution in [-0.2, 0) is 0 Å². The highest BCUT2D eigenvalue weighted by Gasteiger charge is 2.16. The molecule has 204 valence electrons. The van der Waals surface area contributed by atoms with Crippen LogP contribution in [0.3, 0.4) is 0 Å². The van der Waals surface area contributed by atoms with Gasteiger partial charge in [-0.25, -0.2) is 9.59 Å². The van der Waals surface area contributed by atoms with Gasteiger partial charge in [0.2, 0.25) is 0 Å². The highest BCUT2D eigenvalue weighted by molar-refractivity contribution is 6.09. The van der Waals surface area contributed by atoms with Gasteiger partial charge < -0.3 is 37.2 Å². The van der Waals surface area contributed by atoms with Crippen molar-refractivity contribution < 1.29 is 14.4 Å². The fraction of sp³-hybridized carbons (Fsp3) is 0.179. The number of nitrogens with one attached hydrogen (secondary N) is 7. The molecule has 5 rings (SSSR count). The Hall–Kier alpha value is -5.39. The maximum atomic E-state index is 12.9. The van der Waals surface area contributed by atoms with Crippen molar-refractivity contribution in [1.29, 1.82) is 0 Å². The maximum Gasteiger partial charge on any atom is 0.323 e. The summed E-state index contributed by atoms with van der Waals surface area (Å²) in [6, 6.07) is 18.2. The number of carbonyl (C=O) groups excluding carboxylic acids is 3. The summed E-state index contributed by atoms with van der Waals surface area (Å²) in [5.41, 5.74) is 3.72. The molecule has 0 spiro atoms. The summed E-state index contributed by atoms with van der Waals surface area (Å²) in [5, 5.41) is 20.0. The van der Waals surface area contributed by atoms with Crippen molar-refractivity contribution in [3.63, 3.8) is 0 Å². The average molecular weight is 540 g/mol. The van der Waals surface area contributed by atoms with Gasteiger partial charge in [-0.2, -0.15) is 0 Å². The first-order chi connectivity index (χ1) is 19.5. The molecule has 5 amide bonds. The smallest absolute Gasteiger partial charge is 0.323 e. The lowest BCUT2D eigenvalue weighted by molar-refractivity contribution is 0.0964. The number of hydrogen-bond donors (Lipinski definition) is 7. The minimum absolute atomic E-state index is 0.222. The van der Waals surface area contributed by atoms with Crippen LogP contribution in [0.15, 0.2) is 76.7 Å². The van der Waals surface area contributed by atoms with E-state index in [0.717, 1.165) is 35.9 Å². The minimum Gasteiger partial charge on any atom is -0.368 e. The van der Waals surface area contributed by atoms with E-state index in [4.69, 9.17) is 0 Å². The molecule has 0 unspecified atom stereocenters. The van der Waals surface area contributed by atoms with E-state index in [1.54, 1.807) is 18.2 Å². The standard InChI is InChI=1S/C28H29N9O3/c1-29-26(38)22-9-8-21(36-27(39)34-19-6-2-4-17(14-19)24-30-10-11-31-24)16-23(22)37-28(40)35-20-7-3-5-18(15-20)25-32-12-13-33-25/h2-9,14-16H,10-13H2,1H3,(H,29,38)(H,30,31)(H,32,33)(H2,34,36,39)(H2,35,37,40). The Labute approximate surface area is 230 Å². The lowest BCUT2D eigenvalue weighted by Gasteiger charge is -2.15. The van der Waals surface area contributed by atoms with Crippen LogP contribution in [0.1, 0.15) is 21.5 Å². The van der Waals surface area contributed by atoms with Gasteiger partial charge in [0.05, 0.1) is 24.3 Å². The van der Waals surface area contributed by atoms with E-state index in [-0.39, 0.29) is 17.2 Å². The molecule has 0 radical (unpaired) electrons. The van der Waals surface area contributed by atoms with Gasteiger partial charge in [-0.1, -0.05) is 24.3 Å². The average Bonchev–Trinajstić information content (AvgIpc) is 3.68. The number of amidine groups is 2. The first-order valence-corrected chi connectivity index (χ1v) is 12.8. The number of hydrogen-bond acceptors (Lipinski definition) is 7. The summed E-state index contributed by atoms with van der Waals surface area (Å²) < 4.78 is 0. The predicted molar refractivity (Wildman–Crippen MR) is 157 cm³/mol. The Bertz CT molecular complexity index is 1520. The molecule has 12 heteroatoms. The quantitative estimate of drug-likeness (QED) is 0.245. The van der Waals surface area contributed by atoms with Gasteiger partial charge in [-0.3, -0.25) is 14.8 Å². The summed E-state index contributed by atoms with van der Waals surface area (Å²) in [7, 11) is 1.50. The van der Waals surface area contributed by atoms with Crippen molar-refractivity contribution in [2.75, 3.05) is 54.5 Å². The largest absolute Gasteiger partial charge is 0.368 e. The molecule has 0 bridgehead atoms. The second-order valence-electron chi connectivity index (χ2n) is 8.97. The minimum atomic E-state index is -0.550. The Kier molecular flexibility index (Phi) is 7.86. The van der Waals surface area contributed by atoms with Crippen LogP contribution in [0.25, 0.3) is 0 Å². The molecule has 7 N–H and O–H groups in total. The van der Waals surface area contributed by atoms with E-state index in [1.165, 1.54) is 19.2 Å². The Morgan fingerprint density at radius 1 is 0.675 bits per heavy atom. The topological polar surface area (TPSA) is 160 Å². The van der Waals surface area contributed by atoms with Crippen molar-refractivity contribution in [3.8, 4) is 0 Å². The molecule has 2 aliphatic rings. The summed E-state index contributed by atoms with van der Waals surface area (Å²) in [6.45, 7) is 2.98. The van der Waals surface area contributed by atoms with E-state index in [2.05, 4.69) is 47.2 Å². The van der Waals surface area contributed by atoms with E-state index >= 15 is 0 Å². The summed E-state index contributed by atoms with van der Waals surface area (Å²) in [5.74, 6) is 1.18. The summed E-state index contributed by atoms with van der Waals surface area (Å²) in [4.78, 5) is 46.9. The number of nitrogens with zero attached hydrogens (tertiary/aromatic N) is 2. The van der Waals surface area contributed by atoms with Crippen LogP contribution in [0.4, 0.5) is 32.3 Å². The molecular formula is C28H29N9O3. The fourth-order valence-electron chi connectivity index (χ4n) is 4.31. The molecule has 0 saturated heterocycles. The SMILES string of the molecule is CNC(=O)c1ccc(NC(=O)Nc2cccc(C3=NCCN3)c2)cc1NC(=O)Nc1cccc(C2=NCCN2)c1. The lowest BCUT2D eigenvalue weighted by atomic mass is 10.1. The molecule has 40 heavy (non-hydrogen) atoms. The zero-order chi connectivity index (χ0) is 27.9. The van der Waals surface area contributed by atoms with Crippen LogP contribution >= 0.6 is 0 Å². The molecule has 0 aromatic heterocycles. The monoisotopic (exact) mass is 539 g/mol. The summed E-state index contributed by atoms with van der Waals surface area (Å²) >= 11 is 0. The number of benzene rings is 3. The Morgan fingerprint density at radius 3 is 1.70 bits per heavy atom. The third-order valence-corrected chi connectivity index (χ3v) is 6.13. The second-order valence-corrected chi connectivity index (χ2v) is 8.97. The van der Waals surface area contributed by atoms with Crippen molar-refractivity contribution >= 4 is 52.4 Å². The number of anilines is 4. The van der Waals surface area contributed by atoms with Crippen LogP contribution in [-0.4, -0.2) is 62.9 Å². The number of amides is 5. The van der Waals surface area contributed by atoms with Crippen LogP contribution < -0.4 is 37.2 Å². The molecule has 0 aliphatic carbocycles. The van der Waals surface area contributed by atoms with Gasteiger partial charge >= 0.3 is 12.1 Å². The van der Waals surface area contributed by atoms with Gasteiger partial charge in [0.15, 0.2) is 0 Å². The van der Waals surface area contributed by atoms with E-state index in [1.807, 2.05) is 36.4 Å². The molecule has 0 saturated carbocycles. The Balaban J connectivity index is 1.27. The highest BCUT2D eigenvalue weighted by Crippen LogP contribution is 2.23. The fourth-order valence-corrected chi connectivity index (χ4v) is 4.31. The van der Waals surface area contributed by atoms with Gasteiger partial charge in [-0.15, -0.1) is 0 Å². The molecule has 12 nitrogen and oxygen atoms in total. The number of aliphatic imine (C=N–C) groups is 2. The third-order valence-electron chi connectivity index (χ3n) is 6.13. The third kappa shape index (κ3) is 6.35. The first kappa shape index (κ1) is 26.2. The first-order valence-electron chi connectivity index (χ1n) is 12.8. The molecule has 0 atom stereocenters. The predicted octanol–water partition coefficient (Wildman–Crippen LogP) is 3.03. The van der Waals surface area contributed by atoms with Crippen molar-refractivity contribution in [3.05, 3.63) is 83.4 Å². The van der Waals surface area contributed by atoms with E-state index in [0.29, 0.717) is 30.2 Å². The van der Waals surface area contributed by atoms with E-state index in [9.17, 15) is 14.4 Å². The maximum absolute atomic E-state index is 12.9. The number of rotatable bonds is 7. The number of carbonyl (C=O) groups is 3. The Morgan fingerprint density at radius 2 is 1.20 bits per heavy atom. The molecule has 2 heterocycles. The van der Waals surface area contributed by atoms with Gasteiger partial charge in [-0.05, 0) is 42.5 Å². The van der Waals surface area contributed by atoms with Gasteiger partial charge in [0, 0.05) is 48.3 Å². The zero-order valence-electron chi connectivity index (χ0n) is 21.8. The summed E-state index contributed by atoms with van der Waals surface area (Å²) in [6.07, 6.45) is 0. The van der Waals surface area contributed by atoms with Gasteiger partial charge in [0.1, 0.15) is 11.7 Å². The van der Waals surface area contributed by atoms with Crippen molar-refractivity contribution in [1.82, 2.24) is 16.0 Å². The molecule has 0 fully saturated rings. The highest BCUT2D eigenvalue weighted by atomic mass is 16.2. The van der Waals surface area contributed by atoms with Crippen LogP contribution in [0, 0.1) is 0 Å². The normalized spacial score (nSPS) is 13.7. The molecular weight excluding hydrogens is 510 g/mol. The molecule has 3 aromatic rings. The van der Waals surface area contributed by atoms with Crippen molar-refractivity contribution in [2.45, 2.75) is 0 Å². The zero-order valence-corrected chi connectivity index (χ0v) is 21.8. The molecule has 2 aliphatic heterocycles. The van der Waals surface area contributed by atoms with Crippen LogP contribution in [0.2, 0.25) is 0 Å². The van der Waals surface area contributed by atoms with E-state index < -0.39 is 12.1 Å². The second kappa shape index (κ2) is 12.0. The van der Waals surface area contributed by atoms with Crippen molar-refractivity contribution in [2.24, 2.45) is 9.98 Å². The van der Waals surface area contributed by atoms with Crippen LogP contribution in [0.5, 0.6) is 0 Å². The van der Waals surface area contributed by atoms with Gasteiger partial charge in [0.25, 0.3) is 5.91 Å². The molecule has 3 aromatic carbocycles.